The molecule has 2 aliphatic heterocycles. The van der Waals surface area contributed by atoms with Gasteiger partial charge in [-0.15, -0.1) is 0 Å². The summed E-state index contributed by atoms with van der Waals surface area (Å²) < 4.78 is 8.30. The number of nitrogens with two attached hydrogens (primary N) is 2. The Bertz CT molecular complexity index is 3920. The monoisotopic (exact) mass is 862 g/mol. The van der Waals surface area contributed by atoms with Crippen molar-refractivity contribution in [2.75, 3.05) is 11.5 Å². The first kappa shape index (κ1) is 39.9. The molecule has 9 aromatic carbocycles. The van der Waals surface area contributed by atoms with Crippen LogP contribution in [0.25, 0.3) is 82.2 Å². The van der Waals surface area contributed by atoms with Crippen LogP contribution in [-0.4, -0.2) is 36.0 Å². The first-order valence-corrected chi connectivity index (χ1v) is 21.3. The van der Waals surface area contributed by atoms with E-state index >= 15 is 0 Å². The summed E-state index contributed by atoms with van der Waals surface area (Å²) in [4.78, 5) is 45.2. The summed E-state index contributed by atoms with van der Waals surface area (Å²) in [5.41, 5.74) is 18.2. The van der Waals surface area contributed by atoms with E-state index in [-0.39, 0.29) is 5.56 Å². The summed E-state index contributed by atoms with van der Waals surface area (Å²) >= 11 is 0. The highest BCUT2D eigenvalue weighted by Crippen LogP contribution is 2.44. The number of esters is 2. The maximum absolute atomic E-state index is 12.9. The fourth-order valence-corrected chi connectivity index (χ4v) is 9.31. The molecule has 14 rings (SSSR count). The van der Waals surface area contributed by atoms with Crippen molar-refractivity contribution in [1.29, 1.82) is 0 Å². The number of hydrogen-bond acceptors (Lipinski definition) is 9. The molecule has 5 heterocycles. The van der Waals surface area contributed by atoms with Gasteiger partial charge in [-0.1, -0.05) is 127 Å². The molecule has 0 fully saturated rings. The number of carbonyl (C=O) groups is 2. The van der Waals surface area contributed by atoms with Gasteiger partial charge in [-0.25, -0.2) is 19.6 Å². The van der Waals surface area contributed by atoms with Crippen LogP contribution in [0, 0.1) is 0 Å². The summed E-state index contributed by atoms with van der Waals surface area (Å²) in [6.45, 7) is 1.84. The highest BCUT2D eigenvalue weighted by atomic mass is 16.6. The van der Waals surface area contributed by atoms with Crippen LogP contribution in [0.4, 0.5) is 11.4 Å². The van der Waals surface area contributed by atoms with Crippen molar-refractivity contribution in [1.82, 2.24) is 18.9 Å². The summed E-state index contributed by atoms with van der Waals surface area (Å²) in [5.74, 6) is -0.302. The number of cyclic esters (lactones) is 2. The van der Waals surface area contributed by atoms with E-state index in [0.29, 0.717) is 27.9 Å². The number of imidazole rings is 2. The van der Waals surface area contributed by atoms with Crippen molar-refractivity contribution in [2.45, 2.75) is 12.6 Å². The van der Waals surface area contributed by atoms with Crippen LogP contribution < -0.4 is 17.0 Å². The number of aliphatic hydroxyl groups is 1. The van der Waals surface area contributed by atoms with Crippen LogP contribution >= 0.6 is 0 Å². The molecule has 1 unspecified atom stereocenters. The highest BCUT2D eigenvalue weighted by Gasteiger charge is 2.37. The number of hydrogen-bond donors (Lipinski definition) is 3. The lowest BCUT2D eigenvalue weighted by Gasteiger charge is -2.33. The molecule has 0 saturated heterocycles. The topological polar surface area (TPSA) is 168 Å². The minimum Gasteiger partial charge on any atom is -0.397 e. The second-order valence-electron chi connectivity index (χ2n) is 16.3. The van der Waals surface area contributed by atoms with Gasteiger partial charge >= 0.3 is 11.9 Å². The van der Waals surface area contributed by atoms with Crippen molar-refractivity contribution in [3.8, 4) is 11.4 Å². The summed E-state index contributed by atoms with van der Waals surface area (Å²) in [7, 11) is 0. The molecule has 12 aromatic rings. The normalized spacial score (nSPS) is 14.6. The number of carbonyl (C=O) groups excluding carboxylic acids is 2. The van der Waals surface area contributed by atoms with Gasteiger partial charge in [-0.3, -0.25) is 13.8 Å². The van der Waals surface area contributed by atoms with Gasteiger partial charge in [0.1, 0.15) is 11.5 Å². The van der Waals surface area contributed by atoms with Gasteiger partial charge in [0, 0.05) is 38.1 Å². The minimum atomic E-state index is -1.11. The predicted molar refractivity (Wildman–Crippen MR) is 262 cm³/mol. The molecule has 1 atom stereocenters. The third-order valence-corrected chi connectivity index (χ3v) is 12.3. The predicted octanol–water partition coefficient (Wildman–Crippen LogP) is 10.5. The van der Waals surface area contributed by atoms with E-state index in [2.05, 4.69) is 27.9 Å². The van der Waals surface area contributed by atoms with Gasteiger partial charge in [-0.2, -0.15) is 0 Å². The van der Waals surface area contributed by atoms with Crippen LogP contribution in [0.2, 0.25) is 0 Å². The SMILES string of the molecule is CC1(O)c2cccc3cccc(c23)-c2nc3ccccc3n21.Nc1ccccc1N.O=C1OC(=O)c2cccc3cccc1c23.O=c1c2cccc3cccc(c32)c2nc3ccccc3n12. The molecule has 11 nitrogen and oxygen atoms in total. The number of pyridine rings is 1. The number of benzene rings is 9. The van der Waals surface area contributed by atoms with E-state index in [4.69, 9.17) is 16.5 Å². The molecule has 2 aliphatic rings. The Morgan fingerprint density at radius 1 is 0.500 bits per heavy atom. The van der Waals surface area contributed by atoms with E-state index in [0.717, 1.165) is 82.4 Å². The minimum absolute atomic E-state index is 0.00278. The Labute approximate surface area is 375 Å². The lowest BCUT2D eigenvalue weighted by molar-refractivity contribution is 0.0312. The van der Waals surface area contributed by atoms with E-state index < -0.39 is 17.7 Å². The molecular formula is C55H38N6O5. The molecule has 5 N–H and O–H groups in total. The maximum Gasteiger partial charge on any atom is 0.346 e. The number of ether oxygens (including phenoxy) is 1. The van der Waals surface area contributed by atoms with Crippen LogP contribution in [0.3, 0.4) is 0 Å². The molecular weight excluding hydrogens is 825 g/mol. The first-order chi connectivity index (χ1) is 32.1. The molecule has 0 amide bonds. The summed E-state index contributed by atoms with van der Waals surface area (Å²) in [6, 6.07) is 57.8. The number of aromatic nitrogens is 4. The molecule has 0 aliphatic carbocycles. The van der Waals surface area contributed by atoms with Crippen molar-refractivity contribution >= 4 is 94.1 Å². The summed E-state index contributed by atoms with van der Waals surface area (Å²) in [6.07, 6.45) is 0. The van der Waals surface area contributed by atoms with Gasteiger partial charge < -0.3 is 21.3 Å². The van der Waals surface area contributed by atoms with Crippen LogP contribution in [0.15, 0.2) is 187 Å². The quantitative estimate of drug-likeness (QED) is 0.0763. The average Bonchev–Trinajstić information content (AvgIpc) is 3.94. The molecule has 66 heavy (non-hydrogen) atoms. The molecule has 0 spiro atoms. The van der Waals surface area contributed by atoms with Gasteiger partial charge in [0.2, 0.25) is 0 Å². The van der Waals surface area contributed by atoms with Crippen LogP contribution in [0.5, 0.6) is 0 Å². The zero-order chi connectivity index (χ0) is 45.3. The van der Waals surface area contributed by atoms with E-state index in [1.54, 1.807) is 40.8 Å². The van der Waals surface area contributed by atoms with Gasteiger partial charge in [-0.05, 0) is 77.7 Å². The van der Waals surface area contributed by atoms with E-state index in [1.165, 1.54) is 0 Å². The Morgan fingerprint density at radius 3 is 1.61 bits per heavy atom. The third kappa shape index (κ3) is 6.28. The lowest BCUT2D eigenvalue weighted by Crippen LogP contribution is -2.34. The van der Waals surface area contributed by atoms with Crippen molar-refractivity contribution in [3.63, 3.8) is 0 Å². The molecule has 11 heteroatoms. The summed E-state index contributed by atoms with van der Waals surface area (Å²) in [5, 5.41) is 19.0. The van der Waals surface area contributed by atoms with Gasteiger partial charge in [0.05, 0.1) is 44.6 Å². The van der Waals surface area contributed by atoms with Crippen molar-refractivity contribution in [2.24, 2.45) is 0 Å². The number of nitrogen functional groups attached to an aromatic ring is 2. The fourth-order valence-electron chi connectivity index (χ4n) is 9.31. The Kier molecular flexibility index (Phi) is 9.31. The second kappa shape index (κ2) is 15.4. The highest BCUT2D eigenvalue weighted by molar-refractivity contribution is 6.20. The molecule has 3 aromatic heterocycles. The first-order valence-electron chi connectivity index (χ1n) is 21.3. The number of nitrogens with zero attached hydrogens (tertiary/aromatic N) is 4. The lowest BCUT2D eigenvalue weighted by atomic mass is 9.89. The molecule has 318 valence electrons. The Morgan fingerprint density at radius 2 is 0.985 bits per heavy atom. The van der Waals surface area contributed by atoms with Crippen molar-refractivity contribution in [3.05, 3.63) is 209 Å². The van der Waals surface area contributed by atoms with Crippen molar-refractivity contribution < 1.29 is 19.4 Å². The smallest absolute Gasteiger partial charge is 0.346 e. The Balaban J connectivity index is 0.000000102. The zero-order valence-electron chi connectivity index (χ0n) is 35.3. The molecule has 0 radical (unpaired) electrons. The number of rotatable bonds is 0. The van der Waals surface area contributed by atoms with Crippen LogP contribution in [-0.2, 0) is 10.5 Å². The zero-order valence-corrected chi connectivity index (χ0v) is 35.3. The average molecular weight is 863 g/mol. The fraction of sp³-hybridized carbons (Fsp3) is 0.0364. The van der Waals surface area contributed by atoms with Gasteiger partial charge in [0.15, 0.2) is 5.72 Å². The second-order valence-corrected chi connectivity index (χ2v) is 16.3. The number of anilines is 2. The molecule has 0 saturated carbocycles. The molecule has 0 bridgehead atoms. The van der Waals surface area contributed by atoms with E-state index in [1.807, 2.05) is 139 Å². The number of para-hydroxylation sites is 6. The van der Waals surface area contributed by atoms with Gasteiger partial charge in [0.25, 0.3) is 5.56 Å². The third-order valence-electron chi connectivity index (χ3n) is 12.3. The van der Waals surface area contributed by atoms with E-state index in [9.17, 15) is 19.5 Å². The van der Waals surface area contributed by atoms with Crippen LogP contribution in [0.1, 0.15) is 33.2 Å². The Hall–Kier alpha value is -8.93. The largest absolute Gasteiger partial charge is 0.397 e. The maximum atomic E-state index is 12.9. The number of fused-ring (bicyclic) bond motifs is 8. The standard InChI is InChI=1S/C19H14N2O.C18H10N2O.C12H6O3.C6H8N2/c1-19(22)14-9-5-7-12-6-4-8-13(17(12)14)18-20-15-10-2-3-11-16(15)21(18)19;21-18-13-8-4-6-11-5-3-7-12(16(11)13)17-19-14-9-1-2-10-15(14)20(17)18;13-11-8-5-1-3-7-4-2-6-9(10(7)8)12(14)15-11;7-5-3-1-2-4-6(5)8/h2-11,22H,1H3;1-10H;1-6H;1-4H,7-8H2.